The maximum Gasteiger partial charge on any atom is 0.335 e. The molecule has 1 heterocycles. The van der Waals surface area contributed by atoms with Crippen LogP contribution >= 0.6 is 34.8 Å². The van der Waals surface area contributed by atoms with Gasteiger partial charge >= 0.3 is 6.03 Å². The lowest BCUT2D eigenvalue weighted by Crippen LogP contribution is -2.54. The SMILES string of the molecule is C=CCc1cc(/C=C2/C(=O)NC(=O)N(c3ccc(C)c(Cl)c3)C2=O)ccc1OCc1ccc(Cl)cc1Cl. The predicted octanol–water partition coefficient (Wildman–Crippen LogP) is 6.93. The second-order valence-corrected chi connectivity index (χ2v) is 9.53. The van der Waals surface area contributed by atoms with E-state index in [4.69, 9.17) is 39.5 Å². The van der Waals surface area contributed by atoms with E-state index in [1.165, 1.54) is 12.1 Å². The number of amides is 4. The number of barbiturate groups is 1. The van der Waals surface area contributed by atoms with Gasteiger partial charge < -0.3 is 4.74 Å². The number of urea groups is 1. The summed E-state index contributed by atoms with van der Waals surface area (Å²) < 4.78 is 5.99. The molecular weight excluding hydrogens is 535 g/mol. The molecule has 0 spiro atoms. The highest BCUT2D eigenvalue weighted by Gasteiger charge is 2.37. The fourth-order valence-electron chi connectivity index (χ4n) is 3.72. The molecule has 9 heteroatoms. The molecule has 1 aliphatic rings. The molecule has 6 nitrogen and oxygen atoms in total. The maximum absolute atomic E-state index is 13.2. The molecule has 0 saturated carbocycles. The zero-order valence-electron chi connectivity index (χ0n) is 19.7. The van der Waals surface area contributed by atoms with E-state index in [9.17, 15) is 14.4 Å². The number of carbonyl (C=O) groups excluding carboxylic acids is 3. The summed E-state index contributed by atoms with van der Waals surface area (Å²) >= 11 is 18.4. The average molecular weight is 556 g/mol. The van der Waals surface area contributed by atoms with Crippen LogP contribution in [0.4, 0.5) is 10.5 Å². The van der Waals surface area contributed by atoms with Gasteiger partial charge in [-0.25, -0.2) is 9.69 Å². The van der Waals surface area contributed by atoms with Crippen LogP contribution in [0.5, 0.6) is 5.75 Å². The summed E-state index contributed by atoms with van der Waals surface area (Å²) in [6, 6.07) is 14.3. The van der Waals surface area contributed by atoms with E-state index in [2.05, 4.69) is 11.9 Å². The molecule has 4 rings (SSSR count). The van der Waals surface area contributed by atoms with Crippen molar-refractivity contribution in [2.75, 3.05) is 4.90 Å². The highest BCUT2D eigenvalue weighted by Crippen LogP contribution is 2.29. The van der Waals surface area contributed by atoms with Gasteiger partial charge in [-0.05, 0) is 72.5 Å². The molecule has 3 aromatic rings. The van der Waals surface area contributed by atoms with Gasteiger partial charge in [-0.1, -0.05) is 59.1 Å². The number of anilines is 1. The number of hydrogen-bond donors (Lipinski definition) is 1. The molecule has 3 aromatic carbocycles. The first-order valence-electron chi connectivity index (χ1n) is 11.2. The van der Waals surface area contributed by atoms with Gasteiger partial charge in [-0.3, -0.25) is 14.9 Å². The number of nitrogens with zero attached hydrogens (tertiary/aromatic N) is 1. The number of imide groups is 2. The summed E-state index contributed by atoms with van der Waals surface area (Å²) in [6.45, 7) is 5.82. The van der Waals surface area contributed by atoms with Gasteiger partial charge in [0.25, 0.3) is 11.8 Å². The smallest absolute Gasteiger partial charge is 0.335 e. The van der Waals surface area contributed by atoms with Gasteiger partial charge in [0.05, 0.1) is 5.69 Å². The minimum absolute atomic E-state index is 0.192. The van der Waals surface area contributed by atoms with E-state index in [0.717, 1.165) is 21.6 Å². The molecule has 0 atom stereocenters. The molecule has 1 aliphatic heterocycles. The highest BCUT2D eigenvalue weighted by molar-refractivity contribution is 6.39. The van der Waals surface area contributed by atoms with Crippen molar-refractivity contribution in [1.82, 2.24) is 5.32 Å². The zero-order chi connectivity index (χ0) is 26.7. The van der Waals surface area contributed by atoms with Crippen LogP contribution in [-0.2, 0) is 22.6 Å². The number of allylic oxidation sites excluding steroid dienone is 1. The Morgan fingerprint density at radius 1 is 0.946 bits per heavy atom. The van der Waals surface area contributed by atoms with Crippen LogP contribution in [0.15, 0.2) is 72.8 Å². The fourth-order valence-corrected chi connectivity index (χ4v) is 4.36. The van der Waals surface area contributed by atoms with Crippen molar-refractivity contribution in [3.05, 3.63) is 110 Å². The third kappa shape index (κ3) is 5.88. The number of benzene rings is 3. The Morgan fingerprint density at radius 2 is 1.73 bits per heavy atom. The summed E-state index contributed by atoms with van der Waals surface area (Å²) in [7, 11) is 0. The minimum Gasteiger partial charge on any atom is -0.489 e. The Kier molecular flexibility index (Phi) is 8.03. The number of halogens is 3. The van der Waals surface area contributed by atoms with Crippen molar-refractivity contribution in [3.63, 3.8) is 0 Å². The molecule has 0 radical (unpaired) electrons. The van der Waals surface area contributed by atoms with Crippen LogP contribution in [0.3, 0.4) is 0 Å². The van der Waals surface area contributed by atoms with Crippen molar-refractivity contribution in [3.8, 4) is 5.75 Å². The van der Waals surface area contributed by atoms with E-state index in [-0.39, 0.29) is 17.9 Å². The van der Waals surface area contributed by atoms with E-state index in [1.54, 1.807) is 61.5 Å². The van der Waals surface area contributed by atoms with Crippen LogP contribution < -0.4 is 15.0 Å². The molecule has 1 fully saturated rings. The van der Waals surface area contributed by atoms with E-state index < -0.39 is 17.8 Å². The Morgan fingerprint density at radius 3 is 2.43 bits per heavy atom. The Bertz CT molecular complexity index is 1470. The first kappa shape index (κ1) is 26.5. The molecule has 0 unspecified atom stereocenters. The largest absolute Gasteiger partial charge is 0.489 e. The van der Waals surface area contributed by atoms with Gasteiger partial charge in [0, 0.05) is 20.6 Å². The molecule has 0 aromatic heterocycles. The summed E-state index contributed by atoms with van der Waals surface area (Å²) in [6.07, 6.45) is 3.63. The lowest BCUT2D eigenvalue weighted by atomic mass is 10.0. The van der Waals surface area contributed by atoms with Crippen LogP contribution in [0.1, 0.15) is 22.3 Å². The molecule has 188 valence electrons. The van der Waals surface area contributed by atoms with Crippen molar-refractivity contribution < 1.29 is 19.1 Å². The maximum atomic E-state index is 13.2. The van der Waals surface area contributed by atoms with Crippen molar-refractivity contribution >= 4 is 64.4 Å². The van der Waals surface area contributed by atoms with Gasteiger partial charge in [-0.15, -0.1) is 6.58 Å². The highest BCUT2D eigenvalue weighted by atomic mass is 35.5. The fraction of sp³-hybridized carbons (Fsp3) is 0.107. The standard InChI is InChI=1S/C28H21Cl3N2O4/c1-3-4-18-11-17(6-10-25(18)37-15-19-7-8-20(29)13-24(19)31)12-22-26(34)32-28(36)33(27(22)35)21-9-5-16(2)23(30)14-21/h3,5-14H,1,4,15H2,2H3,(H,32,34,36)/b22-12-. The Hall–Kier alpha value is -3.58. The second-order valence-electron chi connectivity index (χ2n) is 8.28. The first-order valence-corrected chi connectivity index (χ1v) is 12.3. The quantitative estimate of drug-likeness (QED) is 0.195. The molecule has 0 bridgehead atoms. The molecule has 0 aliphatic carbocycles. The number of carbonyl (C=O) groups is 3. The number of hydrogen-bond acceptors (Lipinski definition) is 4. The number of rotatable bonds is 7. The number of aryl methyl sites for hydroxylation is 1. The van der Waals surface area contributed by atoms with Crippen molar-refractivity contribution in [2.45, 2.75) is 20.0 Å². The number of nitrogens with one attached hydrogen (secondary N) is 1. The monoisotopic (exact) mass is 554 g/mol. The predicted molar refractivity (Wildman–Crippen MR) is 146 cm³/mol. The first-order chi connectivity index (χ1) is 17.7. The molecule has 1 N–H and O–H groups in total. The summed E-state index contributed by atoms with van der Waals surface area (Å²) in [5.74, 6) is -0.942. The van der Waals surface area contributed by atoms with E-state index in [0.29, 0.717) is 32.8 Å². The molecule has 4 amide bonds. The third-order valence-corrected chi connectivity index (χ3v) is 6.67. The topological polar surface area (TPSA) is 75.7 Å². The van der Waals surface area contributed by atoms with E-state index >= 15 is 0 Å². The lowest BCUT2D eigenvalue weighted by molar-refractivity contribution is -0.122. The second kappa shape index (κ2) is 11.2. The third-order valence-electron chi connectivity index (χ3n) is 5.67. The zero-order valence-corrected chi connectivity index (χ0v) is 22.0. The van der Waals surface area contributed by atoms with E-state index in [1.807, 2.05) is 0 Å². The van der Waals surface area contributed by atoms with Gasteiger partial charge in [0.15, 0.2) is 0 Å². The summed E-state index contributed by atoms with van der Waals surface area (Å²) in [5, 5.41) is 3.64. The molecule has 1 saturated heterocycles. The normalized spacial score (nSPS) is 14.6. The average Bonchev–Trinajstić information content (AvgIpc) is 2.84. The lowest BCUT2D eigenvalue weighted by Gasteiger charge is -2.26. The molecular formula is C28H21Cl3N2O4. The summed E-state index contributed by atoms with van der Waals surface area (Å²) in [4.78, 5) is 39.2. The van der Waals surface area contributed by atoms with Crippen LogP contribution in [0, 0.1) is 6.92 Å². The van der Waals surface area contributed by atoms with Gasteiger partial charge in [0.1, 0.15) is 17.9 Å². The minimum atomic E-state index is -0.843. The van der Waals surface area contributed by atoms with Crippen molar-refractivity contribution in [2.24, 2.45) is 0 Å². The summed E-state index contributed by atoms with van der Waals surface area (Å²) in [5.41, 5.74) is 2.99. The van der Waals surface area contributed by atoms with Gasteiger partial charge in [0.2, 0.25) is 0 Å². The van der Waals surface area contributed by atoms with Crippen molar-refractivity contribution in [1.29, 1.82) is 0 Å². The van der Waals surface area contributed by atoms with Gasteiger partial charge in [-0.2, -0.15) is 0 Å². The van der Waals surface area contributed by atoms with Crippen LogP contribution in [-0.4, -0.2) is 17.8 Å². The molecule has 37 heavy (non-hydrogen) atoms. The van der Waals surface area contributed by atoms with Crippen LogP contribution in [0.25, 0.3) is 6.08 Å². The Balaban J connectivity index is 1.62. The number of ether oxygens (including phenoxy) is 1. The van der Waals surface area contributed by atoms with Crippen LogP contribution in [0.2, 0.25) is 15.1 Å². The Labute approximate surface area is 229 Å².